The van der Waals surface area contributed by atoms with Crippen molar-refractivity contribution in [1.29, 1.82) is 0 Å². The van der Waals surface area contributed by atoms with Crippen molar-refractivity contribution >= 4 is 30.9 Å². The van der Waals surface area contributed by atoms with Crippen molar-refractivity contribution in [3.8, 4) is 0 Å². The van der Waals surface area contributed by atoms with Crippen LogP contribution in [0.5, 0.6) is 0 Å². The van der Waals surface area contributed by atoms with E-state index in [1.807, 2.05) is 20.7 Å². The lowest BCUT2D eigenvalue weighted by atomic mass is 9.48. The van der Waals surface area contributed by atoms with E-state index in [2.05, 4.69) is 35.0 Å². The lowest BCUT2D eigenvalue weighted by Gasteiger charge is -2.46. The molecule has 1 radical (unpaired) electrons. The topological polar surface area (TPSA) is 37.4 Å². The van der Waals surface area contributed by atoms with E-state index in [0.29, 0.717) is 11.7 Å². The van der Waals surface area contributed by atoms with E-state index in [9.17, 15) is 9.59 Å². The molecule has 0 aliphatic carbocycles. The van der Waals surface area contributed by atoms with Gasteiger partial charge in [0.25, 0.3) is 0 Å². The Bertz CT molecular complexity index is 380. The number of hydrogen-bond donors (Lipinski definition) is 0. The fourth-order valence-electron chi connectivity index (χ4n) is 2.27. The minimum absolute atomic E-state index is 0.0244. The largest absolute Gasteiger partial charge is 0.276 e. The predicted octanol–water partition coefficient (Wildman–Crippen LogP) is 2.98. The number of likely N-dealkylation sites (tertiary alicyclic amines) is 1. The summed E-state index contributed by atoms with van der Waals surface area (Å²) in [6.07, 6.45) is 0.338. The van der Waals surface area contributed by atoms with Crippen molar-refractivity contribution in [3.05, 3.63) is 0 Å². The zero-order chi connectivity index (χ0) is 15.0. The molecule has 3 nitrogen and oxygen atoms in total. The highest BCUT2D eigenvalue weighted by atomic mass is 32.2. The van der Waals surface area contributed by atoms with Crippen LogP contribution in [0.3, 0.4) is 0 Å². The van der Waals surface area contributed by atoms with Crippen LogP contribution in [0.1, 0.15) is 48.0 Å². The van der Waals surface area contributed by atoms with Crippen molar-refractivity contribution < 1.29 is 9.59 Å². The van der Waals surface area contributed by atoms with E-state index in [1.54, 1.807) is 11.8 Å². The fourth-order valence-corrected chi connectivity index (χ4v) is 3.39. The first-order valence-corrected chi connectivity index (χ1v) is 7.81. The van der Waals surface area contributed by atoms with Crippen molar-refractivity contribution in [1.82, 2.24) is 4.90 Å². The number of rotatable bonds is 5. The van der Waals surface area contributed by atoms with Crippen LogP contribution in [0.15, 0.2) is 0 Å². The first-order valence-electron chi connectivity index (χ1n) is 6.87. The lowest BCUT2D eigenvalue weighted by Crippen LogP contribution is -2.55. The van der Waals surface area contributed by atoms with Crippen LogP contribution in [0.2, 0.25) is 12.1 Å². The van der Waals surface area contributed by atoms with Gasteiger partial charge >= 0.3 is 0 Å². The minimum Gasteiger partial charge on any atom is -0.276 e. The summed E-state index contributed by atoms with van der Waals surface area (Å²) >= 11 is 1.59. The van der Waals surface area contributed by atoms with E-state index in [4.69, 9.17) is 0 Å². The van der Waals surface area contributed by atoms with Crippen LogP contribution in [-0.2, 0) is 9.59 Å². The van der Waals surface area contributed by atoms with E-state index in [0.717, 1.165) is 0 Å². The Hall–Kier alpha value is -0.445. The van der Waals surface area contributed by atoms with Gasteiger partial charge in [0.2, 0.25) is 11.8 Å². The second kappa shape index (κ2) is 5.51. The van der Waals surface area contributed by atoms with Gasteiger partial charge < -0.3 is 0 Å². The maximum atomic E-state index is 12.5. The van der Waals surface area contributed by atoms with Gasteiger partial charge in [0.1, 0.15) is 7.28 Å². The Morgan fingerprint density at radius 1 is 1.26 bits per heavy atom. The van der Waals surface area contributed by atoms with E-state index >= 15 is 0 Å². The SMILES string of the molecule is C[B]C(C)(C)C(C)(C)N1C(=O)CC(SC(C)C)C1=O. The molecule has 1 saturated heterocycles. The van der Waals surface area contributed by atoms with Gasteiger partial charge in [-0.1, -0.05) is 34.5 Å². The average Bonchev–Trinajstić information content (AvgIpc) is 2.53. The van der Waals surface area contributed by atoms with E-state index in [-0.39, 0.29) is 22.4 Å². The Kier molecular flexibility index (Phi) is 4.81. The quantitative estimate of drug-likeness (QED) is 0.574. The van der Waals surface area contributed by atoms with Gasteiger partial charge in [-0.25, -0.2) is 0 Å². The lowest BCUT2D eigenvalue weighted by molar-refractivity contribution is -0.145. The standard InChI is InChI=1S/C14H25BNO2S/c1-9(2)19-10-8-11(17)16(12(10)18)14(5,6)13(3,4)15-7/h9-10H,8H2,1-7H3. The van der Waals surface area contributed by atoms with Crippen molar-refractivity contribution in [2.75, 3.05) is 0 Å². The summed E-state index contributed by atoms with van der Waals surface area (Å²) in [7, 11) is 2.07. The second-order valence-electron chi connectivity index (χ2n) is 6.51. The zero-order valence-corrected chi connectivity index (χ0v) is 13.9. The molecule has 107 valence electrons. The van der Waals surface area contributed by atoms with Crippen LogP contribution < -0.4 is 0 Å². The summed E-state index contributed by atoms with van der Waals surface area (Å²) in [4.78, 5) is 26.3. The van der Waals surface area contributed by atoms with Crippen LogP contribution in [0.4, 0.5) is 0 Å². The third-order valence-corrected chi connectivity index (χ3v) is 5.64. The number of carbonyl (C=O) groups excluding carboxylic acids is 2. The minimum atomic E-state index is -0.498. The molecule has 1 aliphatic rings. The molecule has 0 spiro atoms. The number of thioether (sulfide) groups is 1. The second-order valence-corrected chi connectivity index (χ2v) is 8.30. The first kappa shape index (κ1) is 16.6. The molecular weight excluding hydrogens is 257 g/mol. The van der Waals surface area contributed by atoms with Crippen LogP contribution in [-0.4, -0.2) is 40.0 Å². The molecule has 0 aromatic heterocycles. The summed E-state index contributed by atoms with van der Waals surface area (Å²) in [5, 5.41) is -0.0645. The van der Waals surface area contributed by atoms with Crippen molar-refractivity contribution in [2.24, 2.45) is 0 Å². The summed E-state index contributed by atoms with van der Waals surface area (Å²) in [6.45, 7) is 14.2. The normalized spacial score (nSPS) is 21.5. The molecule has 19 heavy (non-hydrogen) atoms. The third-order valence-electron chi connectivity index (χ3n) is 4.40. The summed E-state index contributed by atoms with van der Waals surface area (Å²) in [5.74, 6) is -0.0632. The summed E-state index contributed by atoms with van der Waals surface area (Å²) < 4.78 is 0. The molecule has 1 rings (SSSR count). The number of imide groups is 1. The molecule has 1 aliphatic heterocycles. The molecule has 2 amide bonds. The molecule has 0 aromatic carbocycles. The highest BCUT2D eigenvalue weighted by Gasteiger charge is 2.51. The maximum Gasteiger partial charge on any atom is 0.243 e. The van der Waals surface area contributed by atoms with Crippen molar-refractivity contribution in [3.63, 3.8) is 0 Å². The monoisotopic (exact) mass is 282 g/mol. The average molecular weight is 282 g/mol. The van der Waals surface area contributed by atoms with Gasteiger partial charge in [0, 0.05) is 12.0 Å². The first-order chi connectivity index (χ1) is 8.54. The van der Waals surface area contributed by atoms with E-state index in [1.165, 1.54) is 4.90 Å². The van der Waals surface area contributed by atoms with Crippen LogP contribution >= 0.6 is 11.8 Å². The van der Waals surface area contributed by atoms with Crippen molar-refractivity contribution in [2.45, 2.75) is 76.1 Å². The van der Waals surface area contributed by atoms with Crippen LogP contribution in [0, 0.1) is 0 Å². The maximum absolute atomic E-state index is 12.5. The third kappa shape index (κ3) is 3.01. The molecule has 5 heteroatoms. The molecule has 0 aromatic rings. The Morgan fingerprint density at radius 3 is 2.21 bits per heavy atom. The highest BCUT2D eigenvalue weighted by molar-refractivity contribution is 8.01. The smallest absolute Gasteiger partial charge is 0.243 e. The molecular formula is C14H25BNO2S. The van der Waals surface area contributed by atoms with Gasteiger partial charge in [0.15, 0.2) is 0 Å². The number of nitrogens with zero attached hydrogens (tertiary/aromatic N) is 1. The molecule has 1 fully saturated rings. The zero-order valence-electron chi connectivity index (χ0n) is 13.1. The molecule has 1 heterocycles. The molecule has 1 atom stereocenters. The number of amides is 2. The molecule has 0 N–H and O–H groups in total. The highest BCUT2D eigenvalue weighted by Crippen LogP contribution is 2.44. The Morgan fingerprint density at radius 2 is 1.79 bits per heavy atom. The molecule has 0 bridgehead atoms. The van der Waals surface area contributed by atoms with Gasteiger partial charge in [0.05, 0.1) is 5.25 Å². The van der Waals surface area contributed by atoms with Gasteiger partial charge in [-0.05, 0) is 24.4 Å². The number of hydrogen-bond acceptors (Lipinski definition) is 3. The van der Waals surface area contributed by atoms with Gasteiger partial charge in [-0.15, -0.1) is 11.8 Å². The summed E-state index contributed by atoms with van der Waals surface area (Å²) in [5.41, 5.74) is -0.498. The predicted molar refractivity (Wildman–Crippen MR) is 82.7 cm³/mol. The van der Waals surface area contributed by atoms with E-state index < -0.39 is 5.54 Å². The summed E-state index contributed by atoms with van der Waals surface area (Å²) in [6, 6.07) is 0. The fraction of sp³-hybridized carbons (Fsp3) is 0.857. The Labute approximate surface area is 122 Å². The van der Waals surface area contributed by atoms with Gasteiger partial charge in [-0.3, -0.25) is 14.5 Å². The molecule has 1 unspecified atom stereocenters. The van der Waals surface area contributed by atoms with Gasteiger partial charge in [-0.2, -0.15) is 0 Å². The number of carbonyl (C=O) groups is 2. The molecule has 0 saturated carbocycles. The van der Waals surface area contributed by atoms with Crippen LogP contribution in [0.25, 0.3) is 0 Å². The Balaban J connectivity index is 3.02.